The maximum atomic E-state index is 12.5. The van der Waals surface area contributed by atoms with Crippen LogP contribution in [0.5, 0.6) is 0 Å². The number of nitrogens with zero attached hydrogens (tertiary/aromatic N) is 1. The Bertz CT molecular complexity index is 1100. The van der Waals surface area contributed by atoms with Crippen LogP contribution in [0.15, 0.2) is 52.2 Å². The summed E-state index contributed by atoms with van der Waals surface area (Å²) in [6, 6.07) is 12.0. The Morgan fingerprint density at radius 1 is 1.23 bits per heavy atom. The first-order valence-corrected chi connectivity index (χ1v) is 10.9. The van der Waals surface area contributed by atoms with Crippen molar-refractivity contribution in [2.45, 2.75) is 37.8 Å². The maximum absolute atomic E-state index is 12.5. The quantitative estimate of drug-likeness (QED) is 0.671. The van der Waals surface area contributed by atoms with Gasteiger partial charge in [-0.15, -0.1) is 0 Å². The van der Waals surface area contributed by atoms with E-state index in [2.05, 4.69) is 4.72 Å². The third-order valence-corrected chi connectivity index (χ3v) is 7.10. The Hall–Kier alpha value is -1.67. The van der Waals surface area contributed by atoms with Gasteiger partial charge in [0.25, 0.3) is 0 Å². The topological polar surface area (TPSA) is 68.2 Å². The molecule has 3 aromatic rings. The molecule has 3 rings (SSSR count). The van der Waals surface area contributed by atoms with Crippen LogP contribution in [0.2, 0.25) is 5.02 Å². The molecule has 2 aromatic carbocycles. The average molecular weight is 411 g/mol. The van der Waals surface area contributed by atoms with Crippen LogP contribution in [-0.4, -0.2) is 19.0 Å². The number of thiazole rings is 1. The molecule has 0 spiro atoms. The van der Waals surface area contributed by atoms with Gasteiger partial charge in [-0.1, -0.05) is 48.1 Å². The lowest BCUT2D eigenvalue weighted by Crippen LogP contribution is -2.31. The lowest BCUT2D eigenvalue weighted by molar-refractivity contribution is 0.556. The van der Waals surface area contributed by atoms with Gasteiger partial charge in [-0.25, -0.2) is 13.1 Å². The highest BCUT2D eigenvalue weighted by molar-refractivity contribution is 7.89. The largest absolute Gasteiger partial charge is 0.308 e. The minimum absolute atomic E-state index is 0.149. The van der Waals surface area contributed by atoms with Gasteiger partial charge in [0.1, 0.15) is 0 Å². The minimum atomic E-state index is -3.61. The molecule has 0 aliphatic heterocycles. The fourth-order valence-electron chi connectivity index (χ4n) is 2.58. The predicted octanol–water partition coefficient (Wildman–Crippen LogP) is 3.84. The van der Waals surface area contributed by atoms with Gasteiger partial charge in [0.05, 0.1) is 21.7 Å². The van der Waals surface area contributed by atoms with Crippen molar-refractivity contribution in [2.75, 3.05) is 0 Å². The van der Waals surface area contributed by atoms with Crippen molar-refractivity contribution in [3.05, 3.63) is 62.7 Å². The summed E-state index contributed by atoms with van der Waals surface area (Å²) in [6.45, 7) is 4.07. The molecule has 0 fully saturated rings. The first kappa shape index (κ1) is 19.1. The predicted molar refractivity (Wildman–Crippen MR) is 107 cm³/mol. The Labute approximate surface area is 161 Å². The van der Waals surface area contributed by atoms with Crippen LogP contribution in [-0.2, 0) is 16.6 Å². The molecule has 0 aliphatic rings. The summed E-state index contributed by atoms with van der Waals surface area (Å²) in [6.07, 6.45) is 0.697. The zero-order valence-corrected chi connectivity index (χ0v) is 16.8. The normalized spacial score (nSPS) is 13.2. The number of sulfonamides is 1. The molecular formula is C18H19ClN2O3S2. The number of halogens is 1. The second-order valence-electron chi connectivity index (χ2n) is 6.11. The molecular weight excluding hydrogens is 392 g/mol. The molecule has 1 aromatic heterocycles. The van der Waals surface area contributed by atoms with Gasteiger partial charge >= 0.3 is 4.87 Å². The van der Waals surface area contributed by atoms with E-state index in [0.717, 1.165) is 16.9 Å². The molecule has 0 bridgehead atoms. The van der Waals surface area contributed by atoms with Crippen molar-refractivity contribution in [3.8, 4) is 0 Å². The second-order valence-corrected chi connectivity index (χ2v) is 9.22. The van der Waals surface area contributed by atoms with Crippen LogP contribution in [0.4, 0.5) is 0 Å². The van der Waals surface area contributed by atoms with Crippen molar-refractivity contribution < 1.29 is 8.42 Å². The number of benzene rings is 2. The summed E-state index contributed by atoms with van der Waals surface area (Å²) in [7, 11) is -3.61. The van der Waals surface area contributed by atoms with Crippen molar-refractivity contribution in [3.63, 3.8) is 0 Å². The molecule has 1 heterocycles. The fraction of sp³-hybridized carbons (Fsp3) is 0.278. The van der Waals surface area contributed by atoms with E-state index in [-0.39, 0.29) is 15.8 Å². The fourth-order valence-corrected chi connectivity index (χ4v) is 5.13. The molecule has 26 heavy (non-hydrogen) atoms. The Kier molecular flexibility index (Phi) is 5.53. The molecule has 1 unspecified atom stereocenters. The molecule has 0 aliphatic carbocycles. The van der Waals surface area contributed by atoms with Gasteiger partial charge < -0.3 is 0 Å². The van der Waals surface area contributed by atoms with Crippen LogP contribution in [0, 0.1) is 0 Å². The first-order chi connectivity index (χ1) is 12.3. The highest BCUT2D eigenvalue weighted by Crippen LogP contribution is 2.24. The summed E-state index contributed by atoms with van der Waals surface area (Å²) in [5.41, 5.74) is 1.54. The summed E-state index contributed by atoms with van der Waals surface area (Å²) in [4.78, 5) is 12.4. The minimum Gasteiger partial charge on any atom is -0.294 e. The van der Waals surface area contributed by atoms with Crippen molar-refractivity contribution >= 4 is 43.2 Å². The maximum Gasteiger partial charge on any atom is 0.308 e. The highest BCUT2D eigenvalue weighted by atomic mass is 35.5. The zero-order valence-electron chi connectivity index (χ0n) is 14.4. The molecule has 138 valence electrons. The van der Waals surface area contributed by atoms with Gasteiger partial charge in [-0.05, 0) is 43.2 Å². The average Bonchev–Trinajstić information content (AvgIpc) is 2.91. The van der Waals surface area contributed by atoms with Crippen LogP contribution in [0.1, 0.15) is 25.8 Å². The number of hydrogen-bond acceptors (Lipinski definition) is 4. The van der Waals surface area contributed by atoms with E-state index in [1.54, 1.807) is 22.8 Å². The van der Waals surface area contributed by atoms with Crippen molar-refractivity contribution in [2.24, 2.45) is 0 Å². The third kappa shape index (κ3) is 3.86. The molecule has 0 amide bonds. The van der Waals surface area contributed by atoms with E-state index in [1.165, 1.54) is 6.07 Å². The Morgan fingerprint density at radius 2 is 1.96 bits per heavy atom. The molecule has 0 saturated heterocycles. The Balaban J connectivity index is 2.01. The van der Waals surface area contributed by atoms with E-state index in [1.807, 2.05) is 32.0 Å². The smallest absolute Gasteiger partial charge is 0.294 e. The number of aromatic nitrogens is 1. The molecule has 8 heteroatoms. The van der Waals surface area contributed by atoms with Crippen molar-refractivity contribution in [1.82, 2.24) is 9.29 Å². The van der Waals surface area contributed by atoms with E-state index in [4.69, 9.17) is 11.6 Å². The van der Waals surface area contributed by atoms with Gasteiger partial charge in [0, 0.05) is 11.1 Å². The number of hydrogen-bond donors (Lipinski definition) is 1. The van der Waals surface area contributed by atoms with E-state index < -0.39 is 10.0 Å². The summed E-state index contributed by atoms with van der Waals surface area (Å²) in [5.74, 6) is 0. The van der Waals surface area contributed by atoms with Gasteiger partial charge in [0.15, 0.2) is 0 Å². The Morgan fingerprint density at radius 3 is 2.65 bits per heavy atom. The van der Waals surface area contributed by atoms with E-state index >= 15 is 0 Å². The van der Waals surface area contributed by atoms with E-state index in [9.17, 15) is 13.2 Å². The lowest BCUT2D eigenvalue weighted by Gasteiger charge is -2.12. The zero-order chi connectivity index (χ0) is 18.9. The molecule has 0 radical (unpaired) electrons. The molecule has 1 atom stereocenters. The summed E-state index contributed by atoms with van der Waals surface area (Å²) < 4.78 is 29.8. The van der Waals surface area contributed by atoms with Gasteiger partial charge in [-0.2, -0.15) is 0 Å². The monoisotopic (exact) mass is 410 g/mol. The first-order valence-electron chi connectivity index (χ1n) is 8.21. The molecule has 5 nitrogen and oxygen atoms in total. The lowest BCUT2D eigenvalue weighted by atomic mass is 10.2. The molecule has 1 N–H and O–H groups in total. The third-order valence-electron chi connectivity index (χ3n) is 4.21. The van der Waals surface area contributed by atoms with Gasteiger partial charge in [-0.3, -0.25) is 9.36 Å². The second kappa shape index (κ2) is 7.52. The number of nitrogens with one attached hydrogen (secondary N) is 1. The number of rotatable bonds is 6. The van der Waals surface area contributed by atoms with E-state index in [0.29, 0.717) is 28.2 Å². The van der Waals surface area contributed by atoms with Crippen LogP contribution < -0.4 is 9.60 Å². The highest BCUT2D eigenvalue weighted by Gasteiger charge is 2.18. The van der Waals surface area contributed by atoms with Crippen molar-refractivity contribution in [1.29, 1.82) is 0 Å². The molecule has 0 saturated carbocycles. The standard InChI is InChI=1S/C18H19ClN2O3S2/c1-3-12(2)20-26(23,24)14-8-9-16-17(10-14)25-18(22)21(16)11-13-6-4-5-7-15(13)19/h4-10,12,20H,3,11H2,1-2H3. The summed E-state index contributed by atoms with van der Waals surface area (Å²) in [5, 5.41) is 0.593. The van der Waals surface area contributed by atoms with Crippen LogP contribution >= 0.6 is 22.9 Å². The van der Waals surface area contributed by atoms with Gasteiger partial charge in [0.2, 0.25) is 10.0 Å². The van der Waals surface area contributed by atoms with Crippen LogP contribution in [0.25, 0.3) is 10.2 Å². The SMILES string of the molecule is CCC(C)NS(=O)(=O)c1ccc2c(c1)sc(=O)n2Cc1ccccc1Cl. The summed E-state index contributed by atoms with van der Waals surface area (Å²) >= 11 is 7.22. The number of fused-ring (bicyclic) bond motifs is 1. The van der Waals surface area contributed by atoms with Crippen LogP contribution in [0.3, 0.4) is 0 Å².